The number of Topliss-reactive ketones (excluding diaryl/α,β-unsaturated/α-hetero) is 1. The average Bonchev–Trinajstić information content (AvgIpc) is 2.93. The number of rotatable bonds is 2. The van der Waals surface area contributed by atoms with E-state index in [4.69, 9.17) is 9.72 Å². The number of ether oxygens (including phenoxy) is 1. The Labute approximate surface area is 118 Å². The van der Waals surface area contributed by atoms with E-state index in [1.165, 1.54) is 12.8 Å². The molecule has 104 valence electrons. The summed E-state index contributed by atoms with van der Waals surface area (Å²) in [5.74, 6) is 0.263. The topological polar surface area (TPSA) is 39.2 Å². The number of thiazole rings is 1. The van der Waals surface area contributed by atoms with Crippen LogP contribution in [0.2, 0.25) is 0 Å². The number of ketones is 1. The first-order valence-corrected chi connectivity index (χ1v) is 7.86. The molecule has 2 aliphatic rings. The van der Waals surface area contributed by atoms with Gasteiger partial charge in [0.05, 0.1) is 10.6 Å². The molecule has 4 heteroatoms. The van der Waals surface area contributed by atoms with Crippen LogP contribution in [0.5, 0.6) is 0 Å². The summed E-state index contributed by atoms with van der Waals surface area (Å²) in [6, 6.07) is 0. The van der Waals surface area contributed by atoms with Crippen molar-refractivity contribution < 1.29 is 9.53 Å². The van der Waals surface area contributed by atoms with Crippen molar-refractivity contribution in [2.24, 2.45) is 5.41 Å². The predicted molar refractivity (Wildman–Crippen MR) is 75.7 cm³/mol. The molecule has 3 nitrogen and oxygen atoms in total. The number of carbonyl (C=O) groups excluding carboxylic acids is 1. The number of hydrogen-bond donors (Lipinski definition) is 0. The molecule has 3 rings (SSSR count). The molecule has 0 spiro atoms. The van der Waals surface area contributed by atoms with Crippen LogP contribution in [0.4, 0.5) is 0 Å². The third-order valence-electron chi connectivity index (χ3n) is 4.43. The molecule has 1 heterocycles. The van der Waals surface area contributed by atoms with Gasteiger partial charge in [-0.2, -0.15) is 0 Å². The minimum atomic E-state index is -0.216. The second-order valence-corrected chi connectivity index (χ2v) is 7.64. The fraction of sp³-hybridized carbons (Fsp3) is 0.733. The second-order valence-electron chi connectivity index (χ2n) is 6.64. The normalized spacial score (nSPS) is 24.5. The Morgan fingerprint density at radius 1 is 1.21 bits per heavy atom. The summed E-state index contributed by atoms with van der Waals surface area (Å²) < 4.78 is 5.79. The van der Waals surface area contributed by atoms with Crippen LogP contribution < -0.4 is 0 Å². The van der Waals surface area contributed by atoms with Crippen molar-refractivity contribution in [1.29, 1.82) is 0 Å². The lowest BCUT2D eigenvalue weighted by atomic mass is 9.78. The monoisotopic (exact) mass is 279 g/mol. The molecule has 0 radical (unpaired) electrons. The third kappa shape index (κ3) is 2.15. The highest BCUT2D eigenvalue weighted by Gasteiger charge is 2.42. The average molecular weight is 279 g/mol. The Balaban J connectivity index is 2.01. The van der Waals surface area contributed by atoms with E-state index < -0.39 is 0 Å². The summed E-state index contributed by atoms with van der Waals surface area (Å²) in [6.07, 6.45) is 6.00. The van der Waals surface area contributed by atoms with Crippen molar-refractivity contribution in [3.63, 3.8) is 0 Å². The molecule has 1 fully saturated rings. The maximum absolute atomic E-state index is 12.3. The predicted octanol–water partition coefficient (Wildman–Crippen LogP) is 3.71. The molecule has 0 bridgehead atoms. The van der Waals surface area contributed by atoms with Crippen LogP contribution in [0, 0.1) is 5.41 Å². The molecule has 1 aromatic rings. The van der Waals surface area contributed by atoms with Crippen LogP contribution in [-0.2, 0) is 16.8 Å². The van der Waals surface area contributed by atoms with Crippen LogP contribution in [0.15, 0.2) is 0 Å². The van der Waals surface area contributed by atoms with Crippen LogP contribution in [0.3, 0.4) is 0 Å². The minimum Gasteiger partial charge on any atom is -0.371 e. The zero-order valence-electron chi connectivity index (χ0n) is 11.9. The second kappa shape index (κ2) is 4.38. The van der Waals surface area contributed by atoms with Gasteiger partial charge in [-0.3, -0.25) is 4.79 Å². The summed E-state index contributed by atoms with van der Waals surface area (Å²) >= 11 is 1.58. The number of hydrogen-bond acceptors (Lipinski definition) is 4. The SMILES string of the molecule is COC1(c2nc3c(s2)C(=O)CC(C)(C)C3)CCCC1. The van der Waals surface area contributed by atoms with E-state index in [-0.39, 0.29) is 16.8 Å². The van der Waals surface area contributed by atoms with Gasteiger partial charge in [-0.05, 0) is 24.7 Å². The van der Waals surface area contributed by atoms with Gasteiger partial charge < -0.3 is 4.74 Å². The number of nitrogens with zero attached hydrogens (tertiary/aromatic N) is 1. The molecule has 0 saturated heterocycles. The number of methoxy groups -OCH3 is 1. The minimum absolute atomic E-state index is 0.0470. The van der Waals surface area contributed by atoms with E-state index in [0.717, 1.165) is 34.8 Å². The summed E-state index contributed by atoms with van der Waals surface area (Å²) in [5, 5.41) is 1.03. The third-order valence-corrected chi connectivity index (χ3v) is 5.75. The molecule has 1 aromatic heterocycles. The molecule has 2 aliphatic carbocycles. The molecule has 19 heavy (non-hydrogen) atoms. The zero-order valence-corrected chi connectivity index (χ0v) is 12.7. The molecule has 0 unspecified atom stereocenters. The van der Waals surface area contributed by atoms with E-state index in [9.17, 15) is 4.79 Å². The van der Waals surface area contributed by atoms with E-state index in [0.29, 0.717) is 6.42 Å². The Kier molecular flexibility index (Phi) is 3.06. The Morgan fingerprint density at radius 3 is 2.53 bits per heavy atom. The first-order valence-electron chi connectivity index (χ1n) is 7.04. The highest BCUT2D eigenvalue weighted by molar-refractivity contribution is 7.14. The van der Waals surface area contributed by atoms with Crippen molar-refractivity contribution in [2.75, 3.05) is 7.11 Å². The highest BCUT2D eigenvalue weighted by atomic mass is 32.1. The Morgan fingerprint density at radius 2 is 1.89 bits per heavy atom. The maximum atomic E-state index is 12.3. The quantitative estimate of drug-likeness (QED) is 0.828. The van der Waals surface area contributed by atoms with Gasteiger partial charge in [-0.25, -0.2) is 4.98 Å². The Bertz CT molecular complexity index is 512. The molecule has 0 aliphatic heterocycles. The van der Waals surface area contributed by atoms with Crippen LogP contribution >= 0.6 is 11.3 Å². The fourth-order valence-electron chi connectivity index (χ4n) is 3.37. The van der Waals surface area contributed by atoms with Crippen LogP contribution in [0.1, 0.15) is 66.3 Å². The number of aromatic nitrogens is 1. The van der Waals surface area contributed by atoms with Gasteiger partial charge >= 0.3 is 0 Å². The lowest BCUT2D eigenvalue weighted by Crippen LogP contribution is -2.26. The smallest absolute Gasteiger partial charge is 0.175 e. The largest absolute Gasteiger partial charge is 0.371 e. The van der Waals surface area contributed by atoms with Gasteiger partial charge in [0.2, 0.25) is 0 Å². The van der Waals surface area contributed by atoms with Crippen molar-refractivity contribution >= 4 is 17.1 Å². The summed E-state index contributed by atoms with van der Waals surface area (Å²) in [7, 11) is 1.78. The molecule has 0 aromatic carbocycles. The summed E-state index contributed by atoms with van der Waals surface area (Å²) in [6.45, 7) is 4.29. The summed E-state index contributed by atoms with van der Waals surface area (Å²) in [5.41, 5.74) is 0.835. The van der Waals surface area contributed by atoms with Gasteiger partial charge in [0.25, 0.3) is 0 Å². The van der Waals surface area contributed by atoms with E-state index >= 15 is 0 Å². The van der Waals surface area contributed by atoms with E-state index in [1.807, 2.05) is 0 Å². The Hall–Kier alpha value is -0.740. The van der Waals surface area contributed by atoms with E-state index in [1.54, 1.807) is 18.4 Å². The van der Waals surface area contributed by atoms with Gasteiger partial charge in [-0.1, -0.05) is 26.7 Å². The molecular weight excluding hydrogens is 258 g/mol. The standard InChI is InChI=1S/C15H21NO2S/c1-14(2)8-10-12(11(17)9-14)19-13(16-10)15(18-3)6-4-5-7-15/h4-9H2,1-3H3. The highest BCUT2D eigenvalue weighted by Crippen LogP contribution is 2.46. The lowest BCUT2D eigenvalue weighted by molar-refractivity contribution is -0.00901. The van der Waals surface area contributed by atoms with Crippen LogP contribution in [0.25, 0.3) is 0 Å². The number of fused-ring (bicyclic) bond motifs is 1. The molecule has 1 saturated carbocycles. The fourth-order valence-corrected chi connectivity index (χ4v) is 4.61. The van der Waals surface area contributed by atoms with Gasteiger partial charge in [0.1, 0.15) is 10.6 Å². The first kappa shape index (κ1) is 13.3. The molecule has 0 atom stereocenters. The van der Waals surface area contributed by atoms with Crippen molar-refractivity contribution in [1.82, 2.24) is 4.98 Å². The van der Waals surface area contributed by atoms with Crippen molar-refractivity contribution in [2.45, 2.75) is 58.0 Å². The van der Waals surface area contributed by atoms with E-state index in [2.05, 4.69) is 13.8 Å². The van der Waals surface area contributed by atoms with Gasteiger partial charge in [-0.15, -0.1) is 11.3 Å². The summed E-state index contributed by atoms with van der Waals surface area (Å²) in [4.78, 5) is 17.9. The first-order chi connectivity index (χ1) is 8.96. The van der Waals surface area contributed by atoms with Crippen LogP contribution in [-0.4, -0.2) is 17.9 Å². The van der Waals surface area contributed by atoms with Gasteiger partial charge in [0.15, 0.2) is 5.78 Å². The van der Waals surface area contributed by atoms with Crippen molar-refractivity contribution in [3.05, 3.63) is 15.6 Å². The molecule has 0 amide bonds. The zero-order chi connectivity index (χ0) is 13.7. The molecular formula is C15H21NO2S. The molecule has 0 N–H and O–H groups in total. The van der Waals surface area contributed by atoms with Crippen molar-refractivity contribution in [3.8, 4) is 0 Å². The maximum Gasteiger partial charge on any atom is 0.175 e. The lowest BCUT2D eigenvalue weighted by Gasteiger charge is -2.27. The number of carbonyl (C=O) groups is 1. The van der Waals surface area contributed by atoms with Gasteiger partial charge in [0, 0.05) is 13.5 Å².